The van der Waals surface area contributed by atoms with Crippen molar-refractivity contribution in [3.63, 3.8) is 0 Å². The second-order valence-electron chi connectivity index (χ2n) is 4.47. The monoisotopic (exact) mass is 285 g/mol. The van der Waals surface area contributed by atoms with E-state index in [0.717, 1.165) is 17.1 Å². The van der Waals surface area contributed by atoms with Crippen LogP contribution in [0.25, 0.3) is 0 Å². The molecule has 6 nitrogen and oxygen atoms in total. The first kappa shape index (κ1) is 15.6. The van der Waals surface area contributed by atoms with Gasteiger partial charge in [0.25, 0.3) is 0 Å². The first-order chi connectivity index (χ1) is 8.82. The Bertz CT molecular complexity index is 485. The zero-order valence-electron chi connectivity index (χ0n) is 11.6. The molecule has 0 aliphatic heterocycles. The average molecular weight is 285 g/mol. The molecular weight excluding hydrogens is 266 g/mol. The number of nitrogens with one attached hydrogen (secondary N) is 1. The highest BCUT2D eigenvalue weighted by molar-refractivity contribution is 8.00. The van der Waals surface area contributed by atoms with E-state index >= 15 is 0 Å². The van der Waals surface area contributed by atoms with Crippen molar-refractivity contribution in [3.05, 3.63) is 11.4 Å². The van der Waals surface area contributed by atoms with Crippen LogP contribution in [0.2, 0.25) is 0 Å². The number of amides is 1. The third kappa shape index (κ3) is 4.27. The average Bonchev–Trinajstić information content (AvgIpc) is 2.55. The number of hydrogen-bond donors (Lipinski definition) is 2. The van der Waals surface area contributed by atoms with Gasteiger partial charge in [-0.15, -0.1) is 0 Å². The number of carbonyl (C=O) groups is 2. The minimum Gasteiger partial charge on any atom is -0.481 e. The highest BCUT2D eigenvalue weighted by atomic mass is 32.2. The number of carboxylic acids is 1. The van der Waals surface area contributed by atoms with Gasteiger partial charge in [-0.1, -0.05) is 6.92 Å². The summed E-state index contributed by atoms with van der Waals surface area (Å²) >= 11 is 1.32. The van der Waals surface area contributed by atoms with E-state index in [4.69, 9.17) is 5.11 Å². The van der Waals surface area contributed by atoms with Crippen LogP contribution in [0.1, 0.15) is 18.3 Å². The number of aryl methyl sites for hydroxylation is 2. The SMILES string of the molecule is Cc1nn(C)c(C)c1NC(=O)CSCC(C)C(=O)O. The highest BCUT2D eigenvalue weighted by Gasteiger charge is 2.14. The summed E-state index contributed by atoms with van der Waals surface area (Å²) in [6, 6.07) is 0. The molecule has 2 N–H and O–H groups in total. The van der Waals surface area contributed by atoms with E-state index in [0.29, 0.717) is 5.75 Å². The first-order valence-corrected chi connectivity index (χ1v) is 7.09. The van der Waals surface area contributed by atoms with E-state index in [1.165, 1.54) is 11.8 Å². The first-order valence-electron chi connectivity index (χ1n) is 5.93. The number of rotatable bonds is 6. The van der Waals surface area contributed by atoms with E-state index in [1.807, 2.05) is 20.9 Å². The van der Waals surface area contributed by atoms with Crippen molar-refractivity contribution in [1.29, 1.82) is 0 Å². The molecule has 1 amide bonds. The van der Waals surface area contributed by atoms with Crippen molar-refractivity contribution < 1.29 is 14.7 Å². The number of aliphatic carboxylic acids is 1. The minimum absolute atomic E-state index is 0.137. The number of thioether (sulfide) groups is 1. The zero-order valence-corrected chi connectivity index (χ0v) is 12.4. The predicted molar refractivity (Wildman–Crippen MR) is 75.4 cm³/mol. The summed E-state index contributed by atoms with van der Waals surface area (Å²) < 4.78 is 1.71. The predicted octanol–water partition coefficient (Wildman–Crippen LogP) is 1.43. The van der Waals surface area contributed by atoms with Crippen LogP contribution in [-0.2, 0) is 16.6 Å². The van der Waals surface area contributed by atoms with E-state index < -0.39 is 11.9 Å². The molecule has 0 aliphatic rings. The molecule has 0 fully saturated rings. The van der Waals surface area contributed by atoms with Crippen molar-refractivity contribution in [2.75, 3.05) is 16.8 Å². The fourth-order valence-electron chi connectivity index (χ4n) is 1.53. The van der Waals surface area contributed by atoms with Crippen molar-refractivity contribution in [1.82, 2.24) is 9.78 Å². The van der Waals surface area contributed by atoms with Crippen LogP contribution in [0.5, 0.6) is 0 Å². The molecule has 0 bridgehead atoms. The Morgan fingerprint density at radius 1 is 1.47 bits per heavy atom. The zero-order chi connectivity index (χ0) is 14.6. The molecule has 1 atom stereocenters. The normalized spacial score (nSPS) is 12.2. The lowest BCUT2D eigenvalue weighted by molar-refractivity contribution is -0.140. The van der Waals surface area contributed by atoms with Crippen LogP contribution in [0.4, 0.5) is 5.69 Å². The fraction of sp³-hybridized carbons (Fsp3) is 0.583. The molecule has 1 heterocycles. The number of aromatic nitrogens is 2. The summed E-state index contributed by atoms with van der Waals surface area (Å²) in [5, 5.41) is 15.8. The van der Waals surface area contributed by atoms with Gasteiger partial charge in [0.1, 0.15) is 0 Å². The number of nitrogens with zero attached hydrogens (tertiary/aromatic N) is 2. The molecule has 0 radical (unpaired) electrons. The molecule has 106 valence electrons. The number of hydrogen-bond acceptors (Lipinski definition) is 4. The molecule has 0 aliphatic carbocycles. The summed E-state index contributed by atoms with van der Waals surface area (Å²) in [5.41, 5.74) is 2.41. The molecule has 0 saturated carbocycles. The molecule has 0 spiro atoms. The molecule has 1 aromatic rings. The summed E-state index contributed by atoms with van der Waals surface area (Å²) in [5.74, 6) is -0.757. The van der Waals surface area contributed by atoms with Gasteiger partial charge < -0.3 is 10.4 Å². The van der Waals surface area contributed by atoms with E-state index in [9.17, 15) is 9.59 Å². The van der Waals surface area contributed by atoms with Crippen LogP contribution in [0, 0.1) is 19.8 Å². The smallest absolute Gasteiger partial charge is 0.307 e. The van der Waals surface area contributed by atoms with Gasteiger partial charge in [0, 0.05) is 12.8 Å². The maximum absolute atomic E-state index is 11.8. The topological polar surface area (TPSA) is 84.2 Å². The van der Waals surface area contributed by atoms with Crippen LogP contribution in [0.15, 0.2) is 0 Å². The Hall–Kier alpha value is -1.50. The van der Waals surface area contributed by atoms with Gasteiger partial charge in [0.2, 0.25) is 5.91 Å². The van der Waals surface area contributed by atoms with Crippen LogP contribution >= 0.6 is 11.8 Å². The van der Waals surface area contributed by atoms with Gasteiger partial charge in [-0.25, -0.2) is 0 Å². The Balaban J connectivity index is 2.46. The lowest BCUT2D eigenvalue weighted by Gasteiger charge is -2.07. The van der Waals surface area contributed by atoms with E-state index in [-0.39, 0.29) is 11.7 Å². The lowest BCUT2D eigenvalue weighted by Crippen LogP contribution is -2.18. The summed E-state index contributed by atoms with van der Waals surface area (Å²) in [6.07, 6.45) is 0. The Morgan fingerprint density at radius 3 is 2.58 bits per heavy atom. The summed E-state index contributed by atoms with van der Waals surface area (Å²) in [4.78, 5) is 22.4. The van der Waals surface area contributed by atoms with Crippen LogP contribution < -0.4 is 5.32 Å². The van der Waals surface area contributed by atoms with Crippen molar-refractivity contribution >= 4 is 29.3 Å². The van der Waals surface area contributed by atoms with E-state index in [1.54, 1.807) is 11.6 Å². The van der Waals surface area contributed by atoms with Gasteiger partial charge in [-0.3, -0.25) is 14.3 Å². The fourth-order valence-corrected chi connectivity index (χ4v) is 2.40. The minimum atomic E-state index is -0.841. The lowest BCUT2D eigenvalue weighted by atomic mass is 10.2. The number of carboxylic acid groups (broad SMARTS) is 1. The quantitative estimate of drug-likeness (QED) is 0.826. The standard InChI is InChI=1S/C12H19N3O3S/c1-7(12(17)18)5-19-6-10(16)13-11-8(2)14-15(4)9(11)3/h7H,5-6H2,1-4H3,(H,13,16)(H,17,18). The Labute approximate surface area is 116 Å². The molecule has 0 aromatic carbocycles. The van der Waals surface area contributed by atoms with Crippen molar-refractivity contribution in [3.8, 4) is 0 Å². The van der Waals surface area contributed by atoms with Gasteiger partial charge in [-0.2, -0.15) is 16.9 Å². The molecule has 7 heteroatoms. The number of anilines is 1. The van der Waals surface area contributed by atoms with Crippen LogP contribution in [-0.4, -0.2) is 38.3 Å². The second kappa shape index (κ2) is 6.60. The number of carbonyl (C=O) groups excluding carboxylic acids is 1. The molecule has 1 aromatic heterocycles. The van der Waals surface area contributed by atoms with Gasteiger partial charge in [0.05, 0.1) is 28.7 Å². The van der Waals surface area contributed by atoms with Crippen molar-refractivity contribution in [2.45, 2.75) is 20.8 Å². The maximum Gasteiger partial charge on any atom is 0.307 e. The molecule has 1 rings (SSSR count). The summed E-state index contributed by atoms with van der Waals surface area (Å²) in [6.45, 7) is 5.35. The molecule has 1 unspecified atom stereocenters. The Kier molecular flexibility index (Phi) is 5.41. The van der Waals surface area contributed by atoms with Gasteiger partial charge in [0.15, 0.2) is 0 Å². The van der Waals surface area contributed by atoms with Gasteiger partial charge in [-0.05, 0) is 13.8 Å². The van der Waals surface area contributed by atoms with Gasteiger partial charge >= 0.3 is 5.97 Å². The van der Waals surface area contributed by atoms with Crippen molar-refractivity contribution in [2.24, 2.45) is 13.0 Å². The largest absolute Gasteiger partial charge is 0.481 e. The molecule has 19 heavy (non-hydrogen) atoms. The third-order valence-corrected chi connectivity index (χ3v) is 4.00. The third-order valence-electron chi connectivity index (χ3n) is 2.80. The Morgan fingerprint density at radius 2 is 2.11 bits per heavy atom. The summed E-state index contributed by atoms with van der Waals surface area (Å²) in [7, 11) is 1.82. The molecule has 0 saturated heterocycles. The highest BCUT2D eigenvalue weighted by Crippen LogP contribution is 2.18. The van der Waals surface area contributed by atoms with E-state index in [2.05, 4.69) is 10.4 Å². The maximum atomic E-state index is 11.8. The molecular formula is C12H19N3O3S. The second-order valence-corrected chi connectivity index (χ2v) is 5.50. The van der Waals surface area contributed by atoms with Crippen LogP contribution in [0.3, 0.4) is 0 Å².